The zero-order chi connectivity index (χ0) is 11.4. The summed E-state index contributed by atoms with van der Waals surface area (Å²) in [7, 11) is 0. The molecule has 0 saturated carbocycles. The summed E-state index contributed by atoms with van der Waals surface area (Å²) in [6, 6.07) is 9.06. The lowest BCUT2D eigenvalue weighted by Crippen LogP contribution is -2.16. The fourth-order valence-corrected chi connectivity index (χ4v) is 1.68. The van der Waals surface area contributed by atoms with E-state index < -0.39 is 0 Å². The highest BCUT2D eigenvalue weighted by Crippen LogP contribution is 2.15. The largest absolute Gasteiger partial charge is 0.294 e. The SMILES string of the molecule is O=C(CC1C=CC=CC1=O)c1ccccc1. The number of carbonyl (C=O) groups excluding carboxylic acids is 2. The van der Waals surface area contributed by atoms with Gasteiger partial charge in [0, 0.05) is 17.9 Å². The lowest BCUT2D eigenvalue weighted by Gasteiger charge is -2.10. The molecule has 0 saturated heterocycles. The minimum atomic E-state index is -0.294. The molecule has 1 aliphatic rings. The summed E-state index contributed by atoms with van der Waals surface area (Å²) in [5, 5.41) is 0. The van der Waals surface area contributed by atoms with Crippen LogP contribution >= 0.6 is 0 Å². The Morgan fingerprint density at radius 3 is 2.56 bits per heavy atom. The van der Waals surface area contributed by atoms with Crippen LogP contribution in [-0.4, -0.2) is 11.6 Å². The highest BCUT2D eigenvalue weighted by molar-refractivity contribution is 6.02. The second-order valence-corrected chi connectivity index (χ2v) is 3.75. The van der Waals surface area contributed by atoms with Gasteiger partial charge in [-0.1, -0.05) is 48.6 Å². The summed E-state index contributed by atoms with van der Waals surface area (Å²) in [5.41, 5.74) is 0.665. The number of benzene rings is 1. The zero-order valence-electron chi connectivity index (χ0n) is 8.80. The van der Waals surface area contributed by atoms with Gasteiger partial charge in [0.05, 0.1) is 0 Å². The van der Waals surface area contributed by atoms with Crippen LogP contribution in [0.25, 0.3) is 0 Å². The minimum absolute atomic E-state index is 0.00628. The molecule has 1 aromatic carbocycles. The van der Waals surface area contributed by atoms with Crippen molar-refractivity contribution < 1.29 is 9.59 Å². The summed E-state index contributed by atoms with van der Waals surface area (Å²) in [4.78, 5) is 23.3. The van der Waals surface area contributed by atoms with Crippen molar-refractivity contribution in [3.63, 3.8) is 0 Å². The van der Waals surface area contributed by atoms with E-state index in [0.29, 0.717) is 5.56 Å². The van der Waals surface area contributed by atoms with Gasteiger partial charge in [-0.2, -0.15) is 0 Å². The first-order valence-corrected chi connectivity index (χ1v) is 5.24. The van der Waals surface area contributed by atoms with Crippen molar-refractivity contribution in [2.45, 2.75) is 6.42 Å². The van der Waals surface area contributed by atoms with E-state index in [9.17, 15) is 9.59 Å². The third-order valence-corrected chi connectivity index (χ3v) is 2.58. The Morgan fingerprint density at radius 1 is 1.12 bits per heavy atom. The Morgan fingerprint density at radius 2 is 1.88 bits per heavy atom. The molecule has 1 atom stereocenters. The van der Waals surface area contributed by atoms with Crippen LogP contribution in [0.4, 0.5) is 0 Å². The van der Waals surface area contributed by atoms with Gasteiger partial charge in [-0.05, 0) is 6.08 Å². The van der Waals surface area contributed by atoms with Crippen LogP contribution in [0.15, 0.2) is 54.6 Å². The van der Waals surface area contributed by atoms with Crippen molar-refractivity contribution in [3.8, 4) is 0 Å². The number of Topliss-reactive ketones (excluding diaryl/α,β-unsaturated/α-hetero) is 1. The van der Waals surface area contributed by atoms with Gasteiger partial charge in [-0.15, -0.1) is 0 Å². The number of hydrogen-bond acceptors (Lipinski definition) is 2. The molecule has 0 aromatic heterocycles. The van der Waals surface area contributed by atoms with Gasteiger partial charge in [-0.3, -0.25) is 9.59 Å². The van der Waals surface area contributed by atoms with Crippen LogP contribution in [0, 0.1) is 5.92 Å². The summed E-state index contributed by atoms with van der Waals surface area (Å²) in [6.45, 7) is 0. The van der Waals surface area contributed by atoms with Crippen molar-refractivity contribution in [1.82, 2.24) is 0 Å². The molecule has 0 N–H and O–H groups in total. The van der Waals surface area contributed by atoms with E-state index in [4.69, 9.17) is 0 Å². The molecule has 1 aliphatic carbocycles. The van der Waals surface area contributed by atoms with Crippen molar-refractivity contribution in [3.05, 3.63) is 60.2 Å². The molecule has 0 aliphatic heterocycles. The normalized spacial score (nSPS) is 18.8. The Balaban J connectivity index is 2.06. The van der Waals surface area contributed by atoms with Crippen LogP contribution in [-0.2, 0) is 4.79 Å². The average Bonchev–Trinajstić information content (AvgIpc) is 2.33. The number of rotatable bonds is 3. The monoisotopic (exact) mass is 212 g/mol. The number of ketones is 2. The Bertz CT molecular complexity index is 455. The Labute approximate surface area is 94.3 Å². The Hall–Kier alpha value is -1.96. The second kappa shape index (κ2) is 4.71. The summed E-state index contributed by atoms with van der Waals surface area (Å²) < 4.78 is 0. The molecular weight excluding hydrogens is 200 g/mol. The second-order valence-electron chi connectivity index (χ2n) is 3.75. The highest BCUT2D eigenvalue weighted by atomic mass is 16.1. The van der Waals surface area contributed by atoms with Gasteiger partial charge in [-0.25, -0.2) is 0 Å². The molecule has 0 bridgehead atoms. The van der Waals surface area contributed by atoms with E-state index in [1.807, 2.05) is 24.3 Å². The molecule has 16 heavy (non-hydrogen) atoms. The van der Waals surface area contributed by atoms with E-state index in [1.165, 1.54) is 6.08 Å². The van der Waals surface area contributed by atoms with E-state index in [-0.39, 0.29) is 23.9 Å². The van der Waals surface area contributed by atoms with Crippen LogP contribution < -0.4 is 0 Å². The lowest BCUT2D eigenvalue weighted by molar-refractivity contribution is -0.117. The van der Waals surface area contributed by atoms with Gasteiger partial charge < -0.3 is 0 Å². The Kier molecular flexibility index (Phi) is 3.10. The molecule has 2 nitrogen and oxygen atoms in total. The molecule has 2 heteroatoms. The molecule has 1 unspecified atom stereocenters. The molecule has 2 rings (SSSR count). The maximum absolute atomic E-state index is 11.8. The number of hydrogen-bond donors (Lipinski definition) is 0. The third-order valence-electron chi connectivity index (χ3n) is 2.58. The molecule has 0 fully saturated rings. The van der Waals surface area contributed by atoms with Crippen LogP contribution in [0.2, 0.25) is 0 Å². The molecule has 80 valence electrons. The average molecular weight is 212 g/mol. The van der Waals surface area contributed by atoms with E-state index >= 15 is 0 Å². The van der Waals surface area contributed by atoms with Crippen molar-refractivity contribution >= 4 is 11.6 Å². The van der Waals surface area contributed by atoms with E-state index in [0.717, 1.165) is 0 Å². The fraction of sp³-hybridized carbons (Fsp3) is 0.143. The van der Waals surface area contributed by atoms with Crippen molar-refractivity contribution in [2.24, 2.45) is 5.92 Å². The molecule has 0 spiro atoms. The topological polar surface area (TPSA) is 34.1 Å². The van der Waals surface area contributed by atoms with Gasteiger partial charge in [0.25, 0.3) is 0 Å². The van der Waals surface area contributed by atoms with Gasteiger partial charge in [0.2, 0.25) is 0 Å². The van der Waals surface area contributed by atoms with Crippen molar-refractivity contribution in [1.29, 1.82) is 0 Å². The zero-order valence-corrected chi connectivity index (χ0v) is 8.80. The van der Waals surface area contributed by atoms with Crippen LogP contribution in [0.5, 0.6) is 0 Å². The molecule has 0 heterocycles. The molecule has 0 amide bonds. The minimum Gasteiger partial charge on any atom is -0.294 e. The first-order chi connectivity index (χ1) is 7.77. The van der Waals surface area contributed by atoms with Gasteiger partial charge in [0.15, 0.2) is 11.6 Å². The van der Waals surface area contributed by atoms with Gasteiger partial charge in [0.1, 0.15) is 0 Å². The first kappa shape index (κ1) is 10.6. The van der Waals surface area contributed by atoms with E-state index in [1.54, 1.807) is 24.3 Å². The predicted octanol–water partition coefficient (Wildman–Crippen LogP) is 2.57. The maximum atomic E-state index is 11.8. The smallest absolute Gasteiger partial charge is 0.163 e. The third kappa shape index (κ3) is 2.34. The van der Waals surface area contributed by atoms with Crippen molar-refractivity contribution in [2.75, 3.05) is 0 Å². The van der Waals surface area contributed by atoms with Crippen LogP contribution in [0.3, 0.4) is 0 Å². The molecule has 1 aromatic rings. The standard InChI is InChI=1S/C14H12O2/c15-13-9-5-4-8-12(13)10-14(16)11-6-2-1-3-7-11/h1-9,12H,10H2. The van der Waals surface area contributed by atoms with E-state index in [2.05, 4.69) is 0 Å². The molecule has 0 radical (unpaired) electrons. The summed E-state index contributed by atoms with van der Waals surface area (Å²) >= 11 is 0. The maximum Gasteiger partial charge on any atom is 0.163 e. The highest BCUT2D eigenvalue weighted by Gasteiger charge is 2.19. The number of allylic oxidation sites excluding steroid dienone is 4. The van der Waals surface area contributed by atoms with Gasteiger partial charge >= 0.3 is 0 Å². The summed E-state index contributed by atoms with van der Waals surface area (Å²) in [6.07, 6.45) is 7.06. The lowest BCUT2D eigenvalue weighted by atomic mass is 9.92. The number of carbonyl (C=O) groups is 2. The first-order valence-electron chi connectivity index (χ1n) is 5.24. The predicted molar refractivity (Wildman–Crippen MR) is 62.2 cm³/mol. The summed E-state index contributed by atoms with van der Waals surface area (Å²) in [5.74, 6) is -0.275. The molecular formula is C14H12O2. The quantitative estimate of drug-likeness (QED) is 0.721. The fourth-order valence-electron chi connectivity index (χ4n) is 1.68. The van der Waals surface area contributed by atoms with Crippen LogP contribution in [0.1, 0.15) is 16.8 Å².